The van der Waals surface area contributed by atoms with Gasteiger partial charge in [-0.3, -0.25) is 10.1 Å². The van der Waals surface area contributed by atoms with E-state index in [1.807, 2.05) is 13.0 Å². The van der Waals surface area contributed by atoms with E-state index in [2.05, 4.69) is 26.5 Å². The average molecular weight is 286 g/mol. The summed E-state index contributed by atoms with van der Waals surface area (Å²) >= 11 is 1.16. The summed E-state index contributed by atoms with van der Waals surface area (Å²) in [5, 5.41) is 3.20. The molecular formula is C14H14N4OS. The number of aryl methyl sites for hydroxylation is 2. The maximum Gasteiger partial charge on any atom is 0.257 e. The molecule has 0 bridgehead atoms. The minimum absolute atomic E-state index is 0.225. The van der Waals surface area contributed by atoms with Gasteiger partial charge in [-0.2, -0.15) is 4.37 Å². The van der Waals surface area contributed by atoms with Gasteiger partial charge >= 0.3 is 0 Å². The van der Waals surface area contributed by atoms with Crippen molar-refractivity contribution in [1.29, 1.82) is 0 Å². The fraction of sp³-hybridized carbons (Fsp3) is 0.214. The molecule has 0 radical (unpaired) electrons. The number of nitrogens with zero attached hydrogens (tertiary/aromatic N) is 2. The summed E-state index contributed by atoms with van der Waals surface area (Å²) in [5.74, 6) is 6.16. The standard InChI is InChI=1S/C14H14N4OS/c1-9-5-6-12(8-11(9)4-3-7-15)13(19)17-14-16-10(2)18-20-14/h5-6,8H,7,15H2,1-2H3,(H,16,17,18,19). The highest BCUT2D eigenvalue weighted by molar-refractivity contribution is 7.09. The van der Waals surface area contributed by atoms with Gasteiger partial charge in [0.1, 0.15) is 5.82 Å². The van der Waals surface area contributed by atoms with Crippen LogP contribution in [0.15, 0.2) is 18.2 Å². The van der Waals surface area contributed by atoms with Crippen LogP contribution in [0.3, 0.4) is 0 Å². The van der Waals surface area contributed by atoms with Crippen LogP contribution >= 0.6 is 11.5 Å². The predicted molar refractivity (Wildman–Crippen MR) is 79.7 cm³/mol. The zero-order chi connectivity index (χ0) is 14.5. The molecule has 1 amide bonds. The first-order valence-electron chi connectivity index (χ1n) is 6.01. The van der Waals surface area contributed by atoms with Gasteiger partial charge in [0.15, 0.2) is 0 Å². The van der Waals surface area contributed by atoms with Crippen LogP contribution in [0, 0.1) is 25.7 Å². The van der Waals surface area contributed by atoms with E-state index in [0.29, 0.717) is 23.1 Å². The van der Waals surface area contributed by atoms with Gasteiger partial charge in [0.25, 0.3) is 5.91 Å². The summed E-state index contributed by atoms with van der Waals surface area (Å²) in [6, 6.07) is 5.37. The van der Waals surface area contributed by atoms with Crippen molar-refractivity contribution < 1.29 is 4.79 Å². The second-order valence-corrected chi connectivity index (χ2v) is 4.89. The number of carbonyl (C=O) groups excluding carboxylic acids is 1. The Morgan fingerprint density at radius 2 is 2.25 bits per heavy atom. The zero-order valence-electron chi connectivity index (χ0n) is 11.2. The number of hydrogen-bond donors (Lipinski definition) is 2. The molecule has 0 unspecified atom stereocenters. The third-order valence-electron chi connectivity index (χ3n) is 2.57. The van der Waals surface area contributed by atoms with E-state index >= 15 is 0 Å². The number of anilines is 1. The van der Waals surface area contributed by atoms with Crippen molar-refractivity contribution in [3.8, 4) is 11.8 Å². The van der Waals surface area contributed by atoms with E-state index in [0.717, 1.165) is 22.7 Å². The molecule has 0 aliphatic rings. The van der Waals surface area contributed by atoms with Crippen molar-refractivity contribution >= 4 is 22.6 Å². The summed E-state index contributed by atoms with van der Waals surface area (Å²) < 4.78 is 4.02. The van der Waals surface area contributed by atoms with E-state index in [1.54, 1.807) is 19.1 Å². The summed E-state index contributed by atoms with van der Waals surface area (Å²) in [6.45, 7) is 4.01. The smallest absolute Gasteiger partial charge is 0.257 e. The van der Waals surface area contributed by atoms with Crippen molar-refractivity contribution in [2.45, 2.75) is 13.8 Å². The van der Waals surface area contributed by atoms with Gasteiger partial charge in [0.05, 0.1) is 6.54 Å². The van der Waals surface area contributed by atoms with Crippen molar-refractivity contribution in [2.24, 2.45) is 5.73 Å². The molecule has 5 nitrogen and oxygen atoms in total. The molecule has 2 rings (SSSR count). The van der Waals surface area contributed by atoms with E-state index in [9.17, 15) is 4.79 Å². The molecule has 0 atom stereocenters. The van der Waals surface area contributed by atoms with Crippen LogP contribution in [0.25, 0.3) is 0 Å². The summed E-state index contributed by atoms with van der Waals surface area (Å²) in [4.78, 5) is 16.2. The highest BCUT2D eigenvalue weighted by Gasteiger charge is 2.10. The van der Waals surface area contributed by atoms with Crippen LogP contribution in [0.4, 0.5) is 5.13 Å². The molecule has 20 heavy (non-hydrogen) atoms. The number of nitrogens with one attached hydrogen (secondary N) is 1. The third-order valence-corrected chi connectivity index (χ3v) is 3.29. The first kappa shape index (κ1) is 14.2. The van der Waals surface area contributed by atoms with Gasteiger partial charge in [0.2, 0.25) is 5.13 Å². The Morgan fingerprint density at radius 3 is 2.90 bits per heavy atom. The first-order chi connectivity index (χ1) is 9.60. The third kappa shape index (κ3) is 3.41. The topological polar surface area (TPSA) is 80.9 Å². The van der Waals surface area contributed by atoms with Crippen molar-refractivity contribution in [3.05, 3.63) is 40.7 Å². The fourth-order valence-corrected chi connectivity index (χ4v) is 2.13. The minimum atomic E-state index is -0.225. The lowest BCUT2D eigenvalue weighted by molar-refractivity contribution is 0.102. The predicted octanol–water partition coefficient (Wildman–Crippen LogP) is 1.72. The number of aromatic nitrogens is 2. The first-order valence-corrected chi connectivity index (χ1v) is 6.78. The van der Waals surface area contributed by atoms with Crippen molar-refractivity contribution in [2.75, 3.05) is 11.9 Å². The normalized spacial score (nSPS) is 9.75. The van der Waals surface area contributed by atoms with Gasteiger partial charge in [-0.15, -0.1) is 0 Å². The van der Waals surface area contributed by atoms with Gasteiger partial charge < -0.3 is 5.73 Å². The Bertz CT molecular complexity index is 697. The molecule has 3 N–H and O–H groups in total. The quantitative estimate of drug-likeness (QED) is 0.824. The summed E-state index contributed by atoms with van der Waals surface area (Å²) in [7, 11) is 0. The number of benzene rings is 1. The van der Waals surface area contributed by atoms with Gasteiger partial charge in [-0.05, 0) is 31.5 Å². The molecule has 0 aliphatic carbocycles. The maximum atomic E-state index is 12.1. The molecule has 6 heteroatoms. The molecule has 1 heterocycles. The van der Waals surface area contributed by atoms with E-state index in [4.69, 9.17) is 5.73 Å². The van der Waals surface area contributed by atoms with Crippen LogP contribution in [0.2, 0.25) is 0 Å². The lowest BCUT2D eigenvalue weighted by atomic mass is 10.0. The van der Waals surface area contributed by atoms with Crippen molar-refractivity contribution in [1.82, 2.24) is 9.36 Å². The molecule has 0 spiro atoms. The summed E-state index contributed by atoms with van der Waals surface area (Å²) in [5.41, 5.74) is 7.71. The monoisotopic (exact) mass is 286 g/mol. The molecule has 102 valence electrons. The van der Waals surface area contributed by atoms with Crippen LogP contribution in [0.5, 0.6) is 0 Å². The lowest BCUT2D eigenvalue weighted by Gasteiger charge is -2.04. The number of carbonyl (C=O) groups is 1. The number of rotatable bonds is 2. The molecule has 2 aromatic rings. The zero-order valence-corrected chi connectivity index (χ0v) is 12.0. The second kappa shape index (κ2) is 6.28. The lowest BCUT2D eigenvalue weighted by Crippen LogP contribution is -2.12. The Balaban J connectivity index is 2.22. The highest BCUT2D eigenvalue weighted by Crippen LogP contribution is 2.14. The van der Waals surface area contributed by atoms with Crippen LogP contribution in [0.1, 0.15) is 27.3 Å². The molecule has 0 saturated heterocycles. The van der Waals surface area contributed by atoms with Gasteiger partial charge in [-0.25, -0.2) is 4.98 Å². The fourth-order valence-electron chi connectivity index (χ4n) is 1.56. The van der Waals surface area contributed by atoms with E-state index in [-0.39, 0.29) is 5.91 Å². The Kier molecular flexibility index (Phi) is 4.45. The maximum absolute atomic E-state index is 12.1. The average Bonchev–Trinajstić information content (AvgIpc) is 2.83. The Morgan fingerprint density at radius 1 is 1.45 bits per heavy atom. The Hall–Kier alpha value is -2.23. The Labute approximate surface area is 121 Å². The van der Waals surface area contributed by atoms with Crippen LogP contribution in [-0.2, 0) is 0 Å². The molecule has 1 aromatic heterocycles. The molecule has 0 aliphatic heterocycles. The largest absolute Gasteiger partial charge is 0.320 e. The van der Waals surface area contributed by atoms with Gasteiger partial charge in [-0.1, -0.05) is 17.9 Å². The van der Waals surface area contributed by atoms with Crippen molar-refractivity contribution in [3.63, 3.8) is 0 Å². The van der Waals surface area contributed by atoms with Crippen LogP contribution in [-0.4, -0.2) is 21.8 Å². The minimum Gasteiger partial charge on any atom is -0.320 e. The number of amides is 1. The number of nitrogens with two attached hydrogens (primary N) is 1. The van der Waals surface area contributed by atoms with E-state index in [1.165, 1.54) is 0 Å². The highest BCUT2D eigenvalue weighted by atomic mass is 32.1. The van der Waals surface area contributed by atoms with E-state index < -0.39 is 0 Å². The molecule has 0 fully saturated rings. The molecule has 0 saturated carbocycles. The summed E-state index contributed by atoms with van der Waals surface area (Å²) in [6.07, 6.45) is 0. The number of hydrogen-bond acceptors (Lipinski definition) is 5. The van der Waals surface area contributed by atoms with Gasteiger partial charge in [0, 0.05) is 22.7 Å². The SMILES string of the molecule is Cc1nsc(NC(=O)c2ccc(C)c(C#CCN)c2)n1. The van der Waals surface area contributed by atoms with Crippen LogP contribution < -0.4 is 11.1 Å². The molecular weight excluding hydrogens is 272 g/mol. The molecule has 1 aromatic carbocycles. The second-order valence-electron chi connectivity index (χ2n) is 4.14.